The van der Waals surface area contributed by atoms with Gasteiger partial charge in [0, 0.05) is 6.04 Å². The molecule has 1 aromatic rings. The van der Waals surface area contributed by atoms with Gasteiger partial charge in [0.25, 0.3) is 0 Å². The molecule has 0 bridgehead atoms. The van der Waals surface area contributed by atoms with E-state index in [4.69, 9.17) is 0 Å². The first-order valence-corrected chi connectivity index (χ1v) is 5.45. The number of aromatic nitrogens is 2. The van der Waals surface area contributed by atoms with Gasteiger partial charge in [-0.2, -0.15) is 5.10 Å². The quantitative estimate of drug-likeness (QED) is 0.733. The van der Waals surface area contributed by atoms with Crippen LogP contribution in [0.15, 0.2) is 15.7 Å². The number of thioether (sulfide) groups is 1. The van der Waals surface area contributed by atoms with Crippen LogP contribution in [0.25, 0.3) is 0 Å². The average Bonchev–Trinajstić information content (AvgIpc) is 2.30. The Morgan fingerprint density at radius 2 is 2.27 bits per heavy atom. The van der Waals surface area contributed by atoms with Crippen molar-refractivity contribution in [1.29, 1.82) is 0 Å². The fourth-order valence-electron chi connectivity index (χ4n) is 0.828. The summed E-state index contributed by atoms with van der Waals surface area (Å²) in [5, 5.41) is 4.24. The van der Waals surface area contributed by atoms with Crippen LogP contribution in [0.5, 0.6) is 0 Å². The third kappa shape index (κ3) is 1.79. The standard InChI is InChI=1S/C7H11BrN2S/c1-5(2)10-7(8)6(11-3)4-9-10/h4-5H,1-3H3. The number of halogens is 1. The molecule has 0 aliphatic rings. The molecule has 0 spiro atoms. The molecule has 1 heterocycles. The predicted molar refractivity (Wildman–Crippen MR) is 52.1 cm³/mol. The van der Waals surface area contributed by atoms with Gasteiger partial charge in [-0.15, -0.1) is 11.8 Å². The predicted octanol–water partition coefficient (Wildman–Crippen LogP) is 2.95. The first-order valence-electron chi connectivity index (χ1n) is 3.43. The molecule has 1 aromatic heterocycles. The molecule has 0 aliphatic carbocycles. The van der Waals surface area contributed by atoms with Crippen LogP contribution in [0.1, 0.15) is 19.9 Å². The van der Waals surface area contributed by atoms with Gasteiger partial charge < -0.3 is 0 Å². The Kier molecular flexibility index (Phi) is 3.01. The van der Waals surface area contributed by atoms with Gasteiger partial charge in [-0.3, -0.25) is 4.68 Å². The molecule has 11 heavy (non-hydrogen) atoms. The van der Waals surface area contributed by atoms with Crippen LogP contribution >= 0.6 is 27.7 Å². The molecule has 0 atom stereocenters. The SMILES string of the molecule is CSc1cnn(C(C)C)c1Br. The van der Waals surface area contributed by atoms with Crippen molar-refractivity contribution in [3.05, 3.63) is 10.8 Å². The lowest BCUT2D eigenvalue weighted by molar-refractivity contribution is 0.520. The molecular weight excluding hydrogens is 224 g/mol. The second kappa shape index (κ2) is 3.63. The van der Waals surface area contributed by atoms with Gasteiger partial charge in [0.2, 0.25) is 0 Å². The van der Waals surface area contributed by atoms with Gasteiger partial charge in [0.15, 0.2) is 0 Å². The maximum atomic E-state index is 4.24. The minimum absolute atomic E-state index is 0.422. The molecular formula is C7H11BrN2S. The Labute approximate surface area is 79.5 Å². The first kappa shape index (κ1) is 9.13. The second-order valence-corrected chi connectivity index (χ2v) is 4.14. The van der Waals surface area contributed by atoms with E-state index in [0.29, 0.717) is 6.04 Å². The normalized spacial score (nSPS) is 11.0. The van der Waals surface area contributed by atoms with E-state index >= 15 is 0 Å². The lowest BCUT2D eigenvalue weighted by Crippen LogP contribution is -2.02. The fourth-order valence-corrected chi connectivity index (χ4v) is 2.33. The van der Waals surface area contributed by atoms with Crippen LogP contribution in [-0.4, -0.2) is 16.0 Å². The van der Waals surface area contributed by atoms with E-state index in [9.17, 15) is 0 Å². The van der Waals surface area contributed by atoms with E-state index in [-0.39, 0.29) is 0 Å². The molecule has 4 heteroatoms. The van der Waals surface area contributed by atoms with Gasteiger partial charge in [0.05, 0.1) is 11.1 Å². The summed E-state index contributed by atoms with van der Waals surface area (Å²) in [6.07, 6.45) is 3.93. The van der Waals surface area contributed by atoms with Gasteiger partial charge in [-0.1, -0.05) is 0 Å². The van der Waals surface area contributed by atoms with Crippen LogP contribution in [0.3, 0.4) is 0 Å². The number of hydrogen-bond donors (Lipinski definition) is 0. The molecule has 0 saturated carbocycles. The average molecular weight is 235 g/mol. The van der Waals surface area contributed by atoms with Crippen molar-refractivity contribution in [3.8, 4) is 0 Å². The van der Waals surface area contributed by atoms with Gasteiger partial charge in [-0.05, 0) is 36.0 Å². The zero-order chi connectivity index (χ0) is 8.43. The molecule has 0 N–H and O–H groups in total. The second-order valence-electron chi connectivity index (χ2n) is 2.54. The molecule has 1 rings (SSSR count). The molecule has 0 aromatic carbocycles. The van der Waals surface area contributed by atoms with Gasteiger partial charge in [0.1, 0.15) is 4.60 Å². The number of nitrogens with zero attached hydrogens (tertiary/aromatic N) is 2. The zero-order valence-electron chi connectivity index (χ0n) is 6.84. The Morgan fingerprint density at radius 3 is 2.55 bits per heavy atom. The monoisotopic (exact) mass is 234 g/mol. The van der Waals surface area contributed by atoms with Gasteiger partial charge in [-0.25, -0.2) is 0 Å². The van der Waals surface area contributed by atoms with Gasteiger partial charge >= 0.3 is 0 Å². The summed E-state index contributed by atoms with van der Waals surface area (Å²) in [6.45, 7) is 4.23. The highest BCUT2D eigenvalue weighted by atomic mass is 79.9. The molecule has 62 valence electrons. The molecule has 0 radical (unpaired) electrons. The smallest absolute Gasteiger partial charge is 0.117 e. The van der Waals surface area contributed by atoms with Crippen molar-refractivity contribution in [2.24, 2.45) is 0 Å². The summed E-state index contributed by atoms with van der Waals surface area (Å²) in [4.78, 5) is 1.19. The van der Waals surface area contributed by atoms with Crippen molar-refractivity contribution < 1.29 is 0 Å². The molecule has 0 unspecified atom stereocenters. The van der Waals surface area contributed by atoms with E-state index < -0.39 is 0 Å². The van der Waals surface area contributed by atoms with Crippen LogP contribution < -0.4 is 0 Å². The molecule has 0 fully saturated rings. The summed E-state index contributed by atoms with van der Waals surface area (Å²) in [5.41, 5.74) is 0. The zero-order valence-corrected chi connectivity index (χ0v) is 9.24. The Hall–Kier alpha value is 0.0400. The van der Waals surface area contributed by atoms with Crippen LogP contribution in [-0.2, 0) is 0 Å². The minimum Gasteiger partial charge on any atom is -0.255 e. The van der Waals surface area contributed by atoms with Crippen LogP contribution in [0.2, 0.25) is 0 Å². The first-order chi connectivity index (χ1) is 5.16. The van der Waals surface area contributed by atoms with Crippen molar-refractivity contribution in [2.45, 2.75) is 24.8 Å². The largest absolute Gasteiger partial charge is 0.255 e. The van der Waals surface area contributed by atoms with E-state index in [0.717, 1.165) is 4.60 Å². The maximum Gasteiger partial charge on any atom is 0.117 e. The van der Waals surface area contributed by atoms with Crippen molar-refractivity contribution in [1.82, 2.24) is 9.78 Å². The maximum absolute atomic E-state index is 4.24. The lowest BCUT2D eigenvalue weighted by atomic mass is 10.4. The van der Waals surface area contributed by atoms with E-state index in [2.05, 4.69) is 34.9 Å². The Balaban J connectivity index is 3.00. The summed E-state index contributed by atoms with van der Waals surface area (Å²) in [6, 6.07) is 0.422. The number of hydrogen-bond acceptors (Lipinski definition) is 2. The van der Waals surface area contributed by atoms with E-state index in [1.807, 2.05) is 17.1 Å². The van der Waals surface area contributed by atoms with Crippen molar-refractivity contribution >= 4 is 27.7 Å². The van der Waals surface area contributed by atoms with Crippen LogP contribution in [0, 0.1) is 0 Å². The summed E-state index contributed by atoms with van der Waals surface area (Å²) >= 11 is 5.20. The number of rotatable bonds is 2. The molecule has 0 saturated heterocycles. The highest BCUT2D eigenvalue weighted by molar-refractivity contribution is 9.10. The summed E-state index contributed by atoms with van der Waals surface area (Å²) < 4.78 is 3.05. The minimum atomic E-state index is 0.422. The van der Waals surface area contributed by atoms with E-state index in [1.54, 1.807) is 11.8 Å². The van der Waals surface area contributed by atoms with Crippen molar-refractivity contribution in [2.75, 3.05) is 6.26 Å². The highest BCUT2D eigenvalue weighted by Gasteiger charge is 2.08. The van der Waals surface area contributed by atoms with E-state index in [1.165, 1.54) is 4.90 Å². The molecule has 2 nitrogen and oxygen atoms in total. The lowest BCUT2D eigenvalue weighted by Gasteiger charge is -2.06. The third-order valence-electron chi connectivity index (χ3n) is 1.41. The molecule has 0 aliphatic heterocycles. The topological polar surface area (TPSA) is 17.8 Å². The highest BCUT2D eigenvalue weighted by Crippen LogP contribution is 2.26. The Bertz CT molecular complexity index is 245. The van der Waals surface area contributed by atoms with Crippen LogP contribution in [0.4, 0.5) is 0 Å². The summed E-state index contributed by atoms with van der Waals surface area (Å²) in [7, 11) is 0. The summed E-state index contributed by atoms with van der Waals surface area (Å²) in [5.74, 6) is 0. The molecule has 0 amide bonds. The van der Waals surface area contributed by atoms with Crippen molar-refractivity contribution in [3.63, 3.8) is 0 Å². The Morgan fingerprint density at radius 1 is 1.64 bits per heavy atom. The fraction of sp³-hybridized carbons (Fsp3) is 0.571. The third-order valence-corrected chi connectivity index (χ3v) is 3.20.